The van der Waals surface area contributed by atoms with Crippen LogP contribution >= 0.6 is 11.6 Å². The summed E-state index contributed by atoms with van der Waals surface area (Å²) in [6.07, 6.45) is 2.03. The number of H-pyrrole nitrogens is 1. The monoisotopic (exact) mass is 333 g/mol. The molecule has 0 aliphatic carbocycles. The molecule has 1 aliphatic rings. The van der Waals surface area contributed by atoms with E-state index in [2.05, 4.69) is 9.97 Å². The van der Waals surface area contributed by atoms with Crippen molar-refractivity contribution in [3.8, 4) is 5.88 Å². The minimum Gasteiger partial charge on any atom is -0.472 e. The minimum atomic E-state index is -0.406. The molecule has 7 heteroatoms. The van der Waals surface area contributed by atoms with Gasteiger partial charge < -0.3 is 14.6 Å². The van der Waals surface area contributed by atoms with Gasteiger partial charge in [-0.05, 0) is 19.1 Å². The van der Waals surface area contributed by atoms with E-state index in [0.717, 1.165) is 12.1 Å². The molecule has 120 valence electrons. The molecule has 1 N–H and O–H groups in total. The fourth-order valence-electron chi connectivity index (χ4n) is 2.53. The standard InChI is InChI=1S/C16H16ClN3O3/c1-10-3-2-4-14(19-10)23-12-5-6-20(9-12)16(22)11-7-13(17)15(21)18-8-11/h2-4,7-8,12H,5-6,9H2,1H3,(H,18,21). The van der Waals surface area contributed by atoms with Crippen molar-refractivity contribution < 1.29 is 9.53 Å². The third-order valence-electron chi connectivity index (χ3n) is 3.69. The topological polar surface area (TPSA) is 75.3 Å². The van der Waals surface area contributed by atoms with E-state index < -0.39 is 5.56 Å². The van der Waals surface area contributed by atoms with Crippen LogP contribution < -0.4 is 10.3 Å². The van der Waals surface area contributed by atoms with Crippen LogP contribution in [0.25, 0.3) is 0 Å². The van der Waals surface area contributed by atoms with Crippen molar-refractivity contribution in [2.45, 2.75) is 19.4 Å². The largest absolute Gasteiger partial charge is 0.472 e. The van der Waals surface area contributed by atoms with Crippen LogP contribution in [0.5, 0.6) is 5.88 Å². The second kappa shape index (κ2) is 6.42. The number of carbonyl (C=O) groups excluding carboxylic acids is 1. The Labute approximate surface area is 138 Å². The molecule has 2 aromatic heterocycles. The van der Waals surface area contributed by atoms with Gasteiger partial charge in [0.2, 0.25) is 5.88 Å². The van der Waals surface area contributed by atoms with Gasteiger partial charge in [-0.2, -0.15) is 0 Å². The molecule has 0 spiro atoms. The third-order valence-corrected chi connectivity index (χ3v) is 3.97. The summed E-state index contributed by atoms with van der Waals surface area (Å²) in [7, 11) is 0. The van der Waals surface area contributed by atoms with Gasteiger partial charge in [0.1, 0.15) is 11.1 Å². The van der Waals surface area contributed by atoms with E-state index in [-0.39, 0.29) is 17.0 Å². The van der Waals surface area contributed by atoms with E-state index in [1.54, 1.807) is 11.0 Å². The summed E-state index contributed by atoms with van der Waals surface area (Å²) in [6, 6.07) is 6.98. The second-order valence-electron chi connectivity index (χ2n) is 5.46. The summed E-state index contributed by atoms with van der Waals surface area (Å²) >= 11 is 5.77. The molecule has 3 heterocycles. The Bertz CT molecular complexity index is 790. The number of halogens is 1. The molecule has 0 bridgehead atoms. The van der Waals surface area contributed by atoms with Crippen LogP contribution in [0.4, 0.5) is 0 Å². The first kappa shape index (κ1) is 15.6. The van der Waals surface area contributed by atoms with E-state index in [0.29, 0.717) is 24.5 Å². The van der Waals surface area contributed by atoms with Gasteiger partial charge in [0, 0.05) is 30.9 Å². The molecule has 3 rings (SSSR count). The highest BCUT2D eigenvalue weighted by Crippen LogP contribution is 2.19. The molecule has 1 aliphatic heterocycles. The van der Waals surface area contributed by atoms with Gasteiger partial charge in [0.05, 0.1) is 12.1 Å². The number of ether oxygens (including phenoxy) is 1. The number of aromatic amines is 1. The Hall–Kier alpha value is -2.34. The van der Waals surface area contributed by atoms with Crippen LogP contribution in [0.15, 0.2) is 35.3 Å². The number of pyridine rings is 2. The van der Waals surface area contributed by atoms with E-state index in [1.807, 2.05) is 19.1 Å². The maximum absolute atomic E-state index is 12.4. The minimum absolute atomic E-state index is 0.00630. The molecular weight excluding hydrogens is 318 g/mol. The van der Waals surface area contributed by atoms with Crippen molar-refractivity contribution >= 4 is 17.5 Å². The van der Waals surface area contributed by atoms with Crippen molar-refractivity contribution in [3.63, 3.8) is 0 Å². The van der Waals surface area contributed by atoms with Crippen LogP contribution in [0.1, 0.15) is 22.5 Å². The number of likely N-dealkylation sites (tertiary alicyclic amines) is 1. The van der Waals surface area contributed by atoms with Crippen molar-refractivity contribution in [1.82, 2.24) is 14.9 Å². The summed E-state index contributed by atoms with van der Waals surface area (Å²) in [6.45, 7) is 2.97. The zero-order valence-electron chi connectivity index (χ0n) is 12.6. The van der Waals surface area contributed by atoms with Crippen LogP contribution in [0.2, 0.25) is 5.02 Å². The number of amides is 1. The van der Waals surface area contributed by atoms with Crippen LogP contribution in [0, 0.1) is 6.92 Å². The van der Waals surface area contributed by atoms with E-state index in [1.165, 1.54) is 12.3 Å². The molecule has 2 aromatic rings. The fourth-order valence-corrected chi connectivity index (χ4v) is 2.70. The van der Waals surface area contributed by atoms with Gasteiger partial charge in [0.15, 0.2) is 0 Å². The lowest BCUT2D eigenvalue weighted by Crippen LogP contribution is -2.31. The molecule has 6 nitrogen and oxygen atoms in total. The second-order valence-corrected chi connectivity index (χ2v) is 5.87. The Morgan fingerprint density at radius 1 is 1.48 bits per heavy atom. The van der Waals surface area contributed by atoms with Gasteiger partial charge in [0.25, 0.3) is 11.5 Å². The summed E-state index contributed by atoms with van der Waals surface area (Å²) in [5, 5.41) is 0.00630. The van der Waals surface area contributed by atoms with Crippen molar-refractivity contribution in [1.29, 1.82) is 0 Å². The van der Waals surface area contributed by atoms with Crippen molar-refractivity contribution in [3.05, 3.63) is 57.1 Å². The zero-order chi connectivity index (χ0) is 16.4. The average molecular weight is 334 g/mol. The van der Waals surface area contributed by atoms with Crippen LogP contribution in [-0.4, -0.2) is 40.0 Å². The number of aromatic nitrogens is 2. The van der Waals surface area contributed by atoms with Gasteiger partial charge in [-0.1, -0.05) is 17.7 Å². The predicted octanol–water partition coefficient (Wildman–Crippen LogP) is 2.03. The van der Waals surface area contributed by atoms with E-state index in [9.17, 15) is 9.59 Å². The van der Waals surface area contributed by atoms with Gasteiger partial charge in [-0.15, -0.1) is 0 Å². The number of hydrogen-bond donors (Lipinski definition) is 1. The number of nitrogens with zero attached hydrogens (tertiary/aromatic N) is 2. The maximum atomic E-state index is 12.4. The normalized spacial score (nSPS) is 17.3. The highest BCUT2D eigenvalue weighted by Gasteiger charge is 2.28. The summed E-state index contributed by atoms with van der Waals surface area (Å²) in [4.78, 5) is 32.1. The highest BCUT2D eigenvalue weighted by molar-refractivity contribution is 6.30. The Kier molecular flexibility index (Phi) is 4.34. The molecule has 0 radical (unpaired) electrons. The molecule has 1 saturated heterocycles. The number of hydrogen-bond acceptors (Lipinski definition) is 4. The molecular formula is C16H16ClN3O3. The van der Waals surface area contributed by atoms with Gasteiger partial charge in [-0.3, -0.25) is 9.59 Å². The smallest absolute Gasteiger partial charge is 0.266 e. The molecule has 1 unspecified atom stereocenters. The first-order valence-electron chi connectivity index (χ1n) is 7.31. The molecule has 0 aromatic carbocycles. The third kappa shape index (κ3) is 3.53. The lowest BCUT2D eigenvalue weighted by atomic mass is 10.2. The lowest BCUT2D eigenvalue weighted by Gasteiger charge is -2.17. The van der Waals surface area contributed by atoms with Crippen molar-refractivity contribution in [2.24, 2.45) is 0 Å². The van der Waals surface area contributed by atoms with E-state index >= 15 is 0 Å². The Balaban J connectivity index is 1.66. The first-order chi connectivity index (χ1) is 11.0. The van der Waals surface area contributed by atoms with Gasteiger partial charge >= 0.3 is 0 Å². The summed E-state index contributed by atoms with van der Waals surface area (Å²) in [5.74, 6) is 0.392. The van der Waals surface area contributed by atoms with E-state index in [4.69, 9.17) is 16.3 Å². The molecule has 1 amide bonds. The first-order valence-corrected chi connectivity index (χ1v) is 7.68. The fraction of sp³-hybridized carbons (Fsp3) is 0.312. The van der Waals surface area contributed by atoms with Gasteiger partial charge in [-0.25, -0.2) is 4.98 Å². The summed E-state index contributed by atoms with van der Waals surface area (Å²) < 4.78 is 5.83. The van der Waals surface area contributed by atoms with Crippen LogP contribution in [-0.2, 0) is 0 Å². The number of carbonyl (C=O) groups is 1. The highest BCUT2D eigenvalue weighted by atomic mass is 35.5. The maximum Gasteiger partial charge on any atom is 0.266 e. The summed E-state index contributed by atoms with van der Waals surface area (Å²) in [5.41, 5.74) is 0.844. The number of aryl methyl sites for hydroxylation is 1. The molecule has 23 heavy (non-hydrogen) atoms. The molecule has 1 atom stereocenters. The predicted molar refractivity (Wildman–Crippen MR) is 86.0 cm³/mol. The number of rotatable bonds is 3. The Morgan fingerprint density at radius 2 is 2.30 bits per heavy atom. The molecule has 0 saturated carbocycles. The van der Waals surface area contributed by atoms with Crippen molar-refractivity contribution in [2.75, 3.05) is 13.1 Å². The lowest BCUT2D eigenvalue weighted by molar-refractivity contribution is 0.0770. The zero-order valence-corrected chi connectivity index (χ0v) is 13.3. The SMILES string of the molecule is Cc1cccc(OC2CCN(C(=O)c3c[nH]c(=O)c(Cl)c3)C2)n1. The quantitative estimate of drug-likeness (QED) is 0.932. The van der Waals surface area contributed by atoms with Crippen LogP contribution in [0.3, 0.4) is 0 Å². The Morgan fingerprint density at radius 3 is 3.04 bits per heavy atom. The number of nitrogens with one attached hydrogen (secondary N) is 1. The average Bonchev–Trinajstić information content (AvgIpc) is 2.98. The molecule has 1 fully saturated rings.